The molecule has 4 rings (SSSR count). The van der Waals surface area contributed by atoms with Crippen molar-refractivity contribution >= 4 is 46.8 Å². The third kappa shape index (κ3) is 5.83. The minimum absolute atomic E-state index is 0.0557. The Morgan fingerprint density at radius 2 is 1.44 bits per heavy atom. The van der Waals surface area contributed by atoms with Gasteiger partial charge in [0.1, 0.15) is 17.1 Å². The quantitative estimate of drug-likeness (QED) is 0.251. The van der Waals surface area contributed by atoms with E-state index in [1.807, 2.05) is 30.3 Å². The third-order valence-corrected chi connectivity index (χ3v) is 5.62. The second-order valence-corrected chi connectivity index (χ2v) is 8.36. The van der Waals surface area contributed by atoms with E-state index < -0.39 is 17.9 Å². The second-order valence-electron chi connectivity index (χ2n) is 7.51. The fourth-order valence-corrected chi connectivity index (χ4v) is 3.79. The normalized spacial score (nSPS) is 10.4. The molecular formula is C27H18Cl2N2O5. The Labute approximate surface area is 216 Å². The van der Waals surface area contributed by atoms with Gasteiger partial charge in [0.05, 0.1) is 10.6 Å². The molecule has 0 atom stereocenters. The maximum absolute atomic E-state index is 12.3. The van der Waals surface area contributed by atoms with Gasteiger partial charge in [-0.05, 0) is 54.1 Å². The van der Waals surface area contributed by atoms with Gasteiger partial charge in [0.15, 0.2) is 0 Å². The molecule has 0 unspecified atom stereocenters. The number of urea groups is 1. The molecule has 3 N–H and O–H groups in total. The highest BCUT2D eigenvalue weighted by molar-refractivity contribution is 6.34. The standard InChI is InChI=1S/C27H18Cl2N2O5/c28-17-10-12-23(20(14-17)16-6-2-1-3-7-16)36-24-13-11-18(15-21(24)26(33)34)30-27(35)31-25(32)19-8-4-5-9-22(19)29/h1-15H,(H,33,34)(H2,30,31,32,35). The molecular weight excluding hydrogens is 503 g/mol. The number of carbonyl (C=O) groups excluding carboxylic acids is 2. The van der Waals surface area contributed by atoms with Crippen LogP contribution >= 0.6 is 23.2 Å². The van der Waals surface area contributed by atoms with Crippen molar-refractivity contribution in [2.75, 3.05) is 5.32 Å². The van der Waals surface area contributed by atoms with E-state index in [-0.39, 0.29) is 27.6 Å². The molecule has 9 heteroatoms. The van der Waals surface area contributed by atoms with Crippen molar-refractivity contribution in [3.63, 3.8) is 0 Å². The number of carboxylic acids is 1. The van der Waals surface area contributed by atoms with E-state index in [4.69, 9.17) is 27.9 Å². The maximum atomic E-state index is 12.3. The Morgan fingerprint density at radius 3 is 2.17 bits per heavy atom. The van der Waals surface area contributed by atoms with Crippen LogP contribution in [0.3, 0.4) is 0 Å². The lowest BCUT2D eigenvalue weighted by molar-refractivity contribution is 0.0693. The van der Waals surface area contributed by atoms with Crippen molar-refractivity contribution in [1.82, 2.24) is 5.32 Å². The summed E-state index contributed by atoms with van der Waals surface area (Å²) < 4.78 is 5.97. The molecule has 0 saturated carbocycles. The largest absolute Gasteiger partial charge is 0.478 e. The van der Waals surface area contributed by atoms with E-state index in [9.17, 15) is 19.5 Å². The van der Waals surface area contributed by atoms with Gasteiger partial charge in [0, 0.05) is 16.3 Å². The van der Waals surface area contributed by atoms with Crippen LogP contribution in [0.2, 0.25) is 10.0 Å². The van der Waals surface area contributed by atoms with Crippen LogP contribution < -0.4 is 15.4 Å². The van der Waals surface area contributed by atoms with Crippen molar-refractivity contribution in [2.24, 2.45) is 0 Å². The summed E-state index contributed by atoms with van der Waals surface area (Å²) in [4.78, 5) is 36.6. The molecule has 0 radical (unpaired) electrons. The number of anilines is 1. The summed E-state index contributed by atoms with van der Waals surface area (Å²) in [6.45, 7) is 0. The maximum Gasteiger partial charge on any atom is 0.339 e. The van der Waals surface area contributed by atoms with E-state index in [2.05, 4.69) is 10.6 Å². The summed E-state index contributed by atoms with van der Waals surface area (Å²) in [6.07, 6.45) is 0. The van der Waals surface area contributed by atoms with E-state index in [0.717, 1.165) is 5.56 Å². The fraction of sp³-hybridized carbons (Fsp3) is 0. The SMILES string of the molecule is O=C(NC(=O)c1ccccc1Cl)Nc1ccc(Oc2ccc(Cl)cc2-c2ccccc2)c(C(=O)O)c1. The lowest BCUT2D eigenvalue weighted by Crippen LogP contribution is -2.34. The minimum atomic E-state index is -1.27. The number of imide groups is 1. The summed E-state index contributed by atoms with van der Waals surface area (Å²) in [5, 5.41) is 15.0. The minimum Gasteiger partial charge on any atom is -0.478 e. The molecule has 0 aromatic heterocycles. The number of hydrogen-bond donors (Lipinski definition) is 3. The van der Waals surface area contributed by atoms with Crippen LogP contribution in [0.5, 0.6) is 11.5 Å². The van der Waals surface area contributed by atoms with E-state index in [0.29, 0.717) is 16.3 Å². The Bertz CT molecular complexity index is 1460. The summed E-state index contributed by atoms with van der Waals surface area (Å²) >= 11 is 12.2. The van der Waals surface area contributed by atoms with Crippen molar-refractivity contribution in [3.05, 3.63) is 112 Å². The van der Waals surface area contributed by atoms with Gasteiger partial charge in [-0.3, -0.25) is 10.1 Å². The molecule has 0 bridgehead atoms. The average molecular weight is 521 g/mol. The summed E-state index contributed by atoms with van der Waals surface area (Å²) in [7, 11) is 0. The lowest BCUT2D eigenvalue weighted by atomic mass is 10.0. The second kappa shape index (κ2) is 10.9. The number of aromatic carboxylic acids is 1. The van der Waals surface area contributed by atoms with Crippen molar-refractivity contribution in [3.8, 4) is 22.6 Å². The molecule has 4 aromatic carbocycles. The molecule has 0 aliphatic heterocycles. The number of hydrogen-bond acceptors (Lipinski definition) is 4. The van der Waals surface area contributed by atoms with Gasteiger partial charge >= 0.3 is 12.0 Å². The number of ether oxygens (including phenoxy) is 1. The Morgan fingerprint density at radius 1 is 0.750 bits per heavy atom. The molecule has 4 aromatic rings. The molecule has 0 fully saturated rings. The number of benzene rings is 4. The predicted octanol–water partition coefficient (Wildman–Crippen LogP) is 7.11. The van der Waals surface area contributed by atoms with Gasteiger partial charge in [0.2, 0.25) is 0 Å². The van der Waals surface area contributed by atoms with Crippen molar-refractivity contribution < 1.29 is 24.2 Å². The number of rotatable bonds is 6. The first-order valence-corrected chi connectivity index (χ1v) is 11.3. The number of halogens is 2. The number of carboxylic acid groups (broad SMARTS) is 1. The van der Waals surface area contributed by atoms with Crippen molar-refractivity contribution in [1.29, 1.82) is 0 Å². The molecule has 0 spiro atoms. The topological polar surface area (TPSA) is 105 Å². The van der Waals surface area contributed by atoms with Gasteiger partial charge < -0.3 is 15.2 Å². The zero-order chi connectivity index (χ0) is 25.7. The van der Waals surface area contributed by atoms with E-state index >= 15 is 0 Å². The Balaban J connectivity index is 1.56. The number of carbonyl (C=O) groups is 3. The van der Waals surface area contributed by atoms with Crippen LogP contribution in [0.15, 0.2) is 91.0 Å². The molecule has 0 aliphatic rings. The average Bonchev–Trinajstić information content (AvgIpc) is 2.86. The number of amides is 3. The van der Waals surface area contributed by atoms with Gasteiger partial charge in [0.25, 0.3) is 5.91 Å². The summed E-state index contributed by atoms with van der Waals surface area (Å²) in [5.74, 6) is -1.51. The molecule has 7 nitrogen and oxygen atoms in total. The summed E-state index contributed by atoms with van der Waals surface area (Å²) in [6, 6.07) is 23.9. The highest BCUT2D eigenvalue weighted by Gasteiger charge is 2.18. The van der Waals surface area contributed by atoms with Gasteiger partial charge in [-0.2, -0.15) is 0 Å². The Kier molecular flexibility index (Phi) is 7.53. The van der Waals surface area contributed by atoms with E-state index in [1.54, 1.807) is 30.3 Å². The van der Waals surface area contributed by atoms with Crippen LogP contribution in [-0.4, -0.2) is 23.0 Å². The Hall–Kier alpha value is -4.33. The van der Waals surface area contributed by atoms with Crippen LogP contribution in [0, 0.1) is 0 Å². The first kappa shape index (κ1) is 24.8. The highest BCUT2D eigenvalue weighted by Crippen LogP contribution is 2.37. The first-order valence-electron chi connectivity index (χ1n) is 10.6. The van der Waals surface area contributed by atoms with Crippen LogP contribution in [0.25, 0.3) is 11.1 Å². The van der Waals surface area contributed by atoms with Crippen molar-refractivity contribution in [2.45, 2.75) is 0 Å². The summed E-state index contributed by atoms with van der Waals surface area (Å²) in [5.41, 5.74) is 1.59. The van der Waals surface area contributed by atoms with Crippen LogP contribution in [0.1, 0.15) is 20.7 Å². The zero-order valence-corrected chi connectivity index (χ0v) is 20.0. The van der Waals surface area contributed by atoms with Crippen LogP contribution in [-0.2, 0) is 0 Å². The monoisotopic (exact) mass is 520 g/mol. The molecule has 3 amide bonds. The molecule has 0 saturated heterocycles. The molecule has 180 valence electrons. The fourth-order valence-electron chi connectivity index (χ4n) is 3.39. The zero-order valence-electron chi connectivity index (χ0n) is 18.5. The molecule has 0 aliphatic carbocycles. The predicted molar refractivity (Wildman–Crippen MR) is 138 cm³/mol. The molecule has 0 heterocycles. The first-order chi connectivity index (χ1) is 17.3. The molecule has 36 heavy (non-hydrogen) atoms. The van der Waals surface area contributed by atoms with Crippen LogP contribution in [0.4, 0.5) is 10.5 Å². The highest BCUT2D eigenvalue weighted by atomic mass is 35.5. The third-order valence-electron chi connectivity index (χ3n) is 5.06. The van der Waals surface area contributed by atoms with Gasteiger partial charge in [-0.1, -0.05) is 65.7 Å². The van der Waals surface area contributed by atoms with Gasteiger partial charge in [-0.25, -0.2) is 9.59 Å². The van der Waals surface area contributed by atoms with E-state index in [1.165, 1.54) is 30.3 Å². The smallest absolute Gasteiger partial charge is 0.339 e. The van der Waals surface area contributed by atoms with Gasteiger partial charge in [-0.15, -0.1) is 0 Å². The number of nitrogens with one attached hydrogen (secondary N) is 2. The lowest BCUT2D eigenvalue weighted by Gasteiger charge is -2.15.